The topological polar surface area (TPSA) is 82.0 Å². The minimum atomic E-state index is -0.525. The number of hydrogen-bond acceptors (Lipinski definition) is 4. The van der Waals surface area contributed by atoms with E-state index in [2.05, 4.69) is 16.7 Å². The second kappa shape index (κ2) is 8.52. The second-order valence-corrected chi connectivity index (χ2v) is 6.87. The average Bonchev–Trinajstić information content (AvgIpc) is 2.68. The van der Waals surface area contributed by atoms with E-state index in [1.54, 1.807) is 6.07 Å². The number of allylic oxidation sites excluding steroid dienone is 1. The van der Waals surface area contributed by atoms with Crippen molar-refractivity contribution in [3.63, 3.8) is 0 Å². The van der Waals surface area contributed by atoms with Crippen LogP contribution in [0.4, 0.5) is 10.1 Å². The van der Waals surface area contributed by atoms with E-state index in [0.717, 1.165) is 17.3 Å². The van der Waals surface area contributed by atoms with E-state index in [9.17, 15) is 19.2 Å². The number of rotatable bonds is 5. The Hall–Kier alpha value is -3.11. The molecule has 7 heteroatoms. The van der Waals surface area contributed by atoms with Gasteiger partial charge in [0.2, 0.25) is 11.8 Å². The largest absolute Gasteiger partial charge is 0.323 e. The molecule has 0 unspecified atom stereocenters. The summed E-state index contributed by atoms with van der Waals surface area (Å²) >= 11 is 1.06. The van der Waals surface area contributed by atoms with Gasteiger partial charge in [-0.1, -0.05) is 54.2 Å². The highest BCUT2D eigenvalue weighted by molar-refractivity contribution is 8.03. The summed E-state index contributed by atoms with van der Waals surface area (Å²) in [6.45, 7) is 0. The van der Waals surface area contributed by atoms with Crippen molar-refractivity contribution in [1.82, 2.24) is 5.32 Å². The molecule has 1 atom stereocenters. The van der Waals surface area contributed by atoms with Crippen molar-refractivity contribution in [3.8, 4) is 6.07 Å². The van der Waals surface area contributed by atoms with Crippen LogP contribution in [0.15, 0.2) is 65.2 Å². The van der Waals surface area contributed by atoms with Gasteiger partial charge in [0.15, 0.2) is 0 Å². The number of carbonyl (C=O) groups excluding carboxylic acids is 2. The third kappa shape index (κ3) is 4.54. The molecule has 0 radical (unpaired) electrons. The van der Waals surface area contributed by atoms with Gasteiger partial charge < -0.3 is 10.6 Å². The number of halogens is 1. The molecule has 27 heavy (non-hydrogen) atoms. The van der Waals surface area contributed by atoms with Gasteiger partial charge in [0.25, 0.3) is 0 Å². The minimum absolute atomic E-state index is 0.0589. The Morgan fingerprint density at radius 3 is 2.63 bits per heavy atom. The van der Waals surface area contributed by atoms with Crippen molar-refractivity contribution in [1.29, 1.82) is 5.26 Å². The van der Waals surface area contributed by atoms with Crippen LogP contribution in [0.1, 0.15) is 17.9 Å². The first-order valence-corrected chi connectivity index (χ1v) is 9.23. The summed E-state index contributed by atoms with van der Waals surface area (Å²) in [6, 6.07) is 17.3. The highest BCUT2D eigenvalue weighted by atomic mass is 32.2. The molecule has 0 saturated carbocycles. The van der Waals surface area contributed by atoms with Gasteiger partial charge in [-0.25, -0.2) is 4.39 Å². The summed E-state index contributed by atoms with van der Waals surface area (Å²) in [5.41, 5.74) is 1.38. The first kappa shape index (κ1) is 18.7. The Labute approximate surface area is 160 Å². The van der Waals surface area contributed by atoms with E-state index in [1.165, 1.54) is 18.2 Å². The number of para-hydroxylation sites is 1. The highest BCUT2D eigenvalue weighted by Gasteiger charge is 2.29. The van der Waals surface area contributed by atoms with Crippen LogP contribution in [0.5, 0.6) is 0 Å². The Balaban J connectivity index is 1.74. The Morgan fingerprint density at radius 2 is 1.93 bits per heavy atom. The number of hydrogen-bond donors (Lipinski definition) is 2. The summed E-state index contributed by atoms with van der Waals surface area (Å²) in [7, 11) is 0. The van der Waals surface area contributed by atoms with Crippen LogP contribution in [0.3, 0.4) is 0 Å². The van der Waals surface area contributed by atoms with Gasteiger partial charge in [-0.15, -0.1) is 0 Å². The van der Waals surface area contributed by atoms with Crippen molar-refractivity contribution in [3.05, 3.63) is 76.6 Å². The Bertz CT molecular complexity index is 938. The maximum Gasteiger partial charge on any atom is 0.234 e. The lowest BCUT2D eigenvalue weighted by Crippen LogP contribution is -2.31. The molecule has 2 amide bonds. The van der Waals surface area contributed by atoms with Crippen molar-refractivity contribution in [2.24, 2.45) is 0 Å². The predicted octanol–water partition coefficient (Wildman–Crippen LogP) is 3.54. The fourth-order valence-corrected chi connectivity index (χ4v) is 3.67. The first-order valence-electron chi connectivity index (χ1n) is 8.24. The minimum Gasteiger partial charge on any atom is -0.323 e. The first-order chi connectivity index (χ1) is 13.1. The van der Waals surface area contributed by atoms with Crippen LogP contribution in [0.25, 0.3) is 0 Å². The Kier molecular flexibility index (Phi) is 5.89. The van der Waals surface area contributed by atoms with Gasteiger partial charge in [0, 0.05) is 12.3 Å². The maximum atomic E-state index is 13.6. The van der Waals surface area contributed by atoms with Gasteiger partial charge >= 0.3 is 0 Å². The highest BCUT2D eigenvalue weighted by Crippen LogP contribution is 2.35. The number of nitriles is 1. The van der Waals surface area contributed by atoms with Crippen LogP contribution >= 0.6 is 11.8 Å². The van der Waals surface area contributed by atoms with E-state index in [4.69, 9.17) is 0 Å². The molecule has 0 spiro atoms. The van der Waals surface area contributed by atoms with E-state index < -0.39 is 11.7 Å². The molecule has 0 bridgehead atoms. The van der Waals surface area contributed by atoms with Crippen LogP contribution in [0, 0.1) is 17.1 Å². The summed E-state index contributed by atoms with van der Waals surface area (Å²) in [4.78, 5) is 24.2. The van der Waals surface area contributed by atoms with E-state index in [1.807, 2.05) is 30.3 Å². The predicted molar refractivity (Wildman–Crippen MR) is 102 cm³/mol. The van der Waals surface area contributed by atoms with Gasteiger partial charge in [0.05, 0.1) is 28.1 Å². The lowest BCUT2D eigenvalue weighted by atomic mass is 9.87. The van der Waals surface area contributed by atoms with Crippen LogP contribution in [-0.2, 0) is 9.59 Å². The fourth-order valence-electron chi connectivity index (χ4n) is 2.79. The SMILES string of the molecule is N#CC1=C(SCC(=O)Nc2ccccc2F)NC(=O)C[C@@H]1c1ccccc1. The summed E-state index contributed by atoms with van der Waals surface area (Å²) < 4.78 is 13.6. The maximum absolute atomic E-state index is 13.6. The zero-order chi connectivity index (χ0) is 19.2. The number of nitrogens with one attached hydrogen (secondary N) is 2. The molecule has 2 aromatic carbocycles. The summed E-state index contributed by atoms with van der Waals surface area (Å²) in [5, 5.41) is 15.1. The number of carbonyl (C=O) groups is 2. The van der Waals surface area contributed by atoms with Crippen molar-refractivity contribution < 1.29 is 14.0 Å². The molecular formula is C20H16FN3O2S. The van der Waals surface area contributed by atoms with Gasteiger partial charge in [0.1, 0.15) is 5.82 Å². The van der Waals surface area contributed by atoms with Crippen LogP contribution in [0.2, 0.25) is 0 Å². The molecule has 1 heterocycles. The van der Waals surface area contributed by atoms with Crippen molar-refractivity contribution >= 4 is 29.3 Å². The zero-order valence-electron chi connectivity index (χ0n) is 14.2. The molecule has 5 nitrogen and oxygen atoms in total. The van der Waals surface area contributed by atoms with Gasteiger partial charge in [-0.05, 0) is 17.7 Å². The molecule has 3 rings (SSSR count). The molecule has 1 aliphatic heterocycles. The van der Waals surface area contributed by atoms with Gasteiger partial charge in [-0.2, -0.15) is 5.26 Å². The molecule has 2 N–H and O–H groups in total. The lowest BCUT2D eigenvalue weighted by molar-refractivity contribution is -0.121. The smallest absolute Gasteiger partial charge is 0.234 e. The van der Waals surface area contributed by atoms with Crippen LogP contribution < -0.4 is 10.6 Å². The number of thioether (sulfide) groups is 1. The van der Waals surface area contributed by atoms with Crippen LogP contribution in [-0.4, -0.2) is 17.6 Å². The van der Waals surface area contributed by atoms with Crippen molar-refractivity contribution in [2.75, 3.05) is 11.1 Å². The number of anilines is 1. The van der Waals surface area contributed by atoms with Gasteiger partial charge in [-0.3, -0.25) is 9.59 Å². The molecule has 0 fully saturated rings. The van der Waals surface area contributed by atoms with E-state index in [-0.39, 0.29) is 29.7 Å². The molecule has 136 valence electrons. The monoisotopic (exact) mass is 381 g/mol. The third-order valence-electron chi connectivity index (χ3n) is 4.05. The molecule has 0 saturated heterocycles. The Morgan fingerprint density at radius 1 is 1.22 bits per heavy atom. The zero-order valence-corrected chi connectivity index (χ0v) is 15.1. The van der Waals surface area contributed by atoms with E-state index >= 15 is 0 Å². The molecule has 0 aliphatic carbocycles. The quantitative estimate of drug-likeness (QED) is 0.830. The normalized spacial score (nSPS) is 16.4. The van der Waals surface area contributed by atoms with E-state index in [0.29, 0.717) is 10.6 Å². The number of nitrogens with zero attached hydrogens (tertiary/aromatic N) is 1. The lowest BCUT2D eigenvalue weighted by Gasteiger charge is -2.25. The molecule has 0 aromatic heterocycles. The second-order valence-electron chi connectivity index (χ2n) is 5.89. The average molecular weight is 381 g/mol. The standard InChI is InChI=1S/C20H16FN3O2S/c21-16-8-4-5-9-17(16)23-19(26)12-27-20-15(11-22)14(10-18(25)24-20)13-6-2-1-3-7-13/h1-9,14H,10,12H2,(H,23,26)(H,24,25)/t14-/m1/s1. The third-order valence-corrected chi connectivity index (χ3v) is 5.07. The molecule has 1 aliphatic rings. The fraction of sp³-hybridized carbons (Fsp3) is 0.150. The number of amides is 2. The number of benzene rings is 2. The molecule has 2 aromatic rings. The molecular weight excluding hydrogens is 365 g/mol. The summed E-state index contributed by atoms with van der Waals surface area (Å²) in [5.74, 6) is -1.56. The summed E-state index contributed by atoms with van der Waals surface area (Å²) in [6.07, 6.45) is 0.179. The van der Waals surface area contributed by atoms with Crippen molar-refractivity contribution in [2.45, 2.75) is 12.3 Å².